The molecule has 0 saturated heterocycles. The van der Waals surface area contributed by atoms with Crippen molar-refractivity contribution in [1.82, 2.24) is 0 Å². The maximum atomic E-state index is 11.3. The van der Waals surface area contributed by atoms with Crippen LogP contribution >= 0.6 is 0 Å². The number of rotatable bonds is 5. The molecule has 0 heterocycles. The van der Waals surface area contributed by atoms with Gasteiger partial charge in [-0.15, -0.1) is 0 Å². The second-order valence-electron chi connectivity index (χ2n) is 4.61. The highest BCUT2D eigenvalue weighted by atomic mass is 16.4. The highest BCUT2D eigenvalue weighted by molar-refractivity contribution is 6.21. The molecule has 19 heavy (non-hydrogen) atoms. The number of aromatic hydroxyl groups is 1. The van der Waals surface area contributed by atoms with Gasteiger partial charge in [0.1, 0.15) is 5.75 Å². The van der Waals surface area contributed by atoms with Crippen LogP contribution in [0.2, 0.25) is 0 Å². The van der Waals surface area contributed by atoms with Crippen LogP contribution in [0.1, 0.15) is 25.8 Å². The fourth-order valence-corrected chi connectivity index (χ4v) is 1.76. The lowest BCUT2D eigenvalue weighted by Gasteiger charge is -2.11. The second-order valence-corrected chi connectivity index (χ2v) is 4.61. The normalized spacial score (nSPS) is 12.2. The summed E-state index contributed by atoms with van der Waals surface area (Å²) in [6.07, 6.45) is 0.165. The van der Waals surface area contributed by atoms with Crippen molar-refractivity contribution in [3.05, 3.63) is 35.4 Å². The minimum Gasteiger partial charge on any atom is -0.508 e. The Balaban J connectivity index is 3.41. The first-order valence-electron chi connectivity index (χ1n) is 5.82. The molecule has 0 spiro atoms. The van der Waals surface area contributed by atoms with Crippen LogP contribution in [0.15, 0.2) is 29.8 Å². The van der Waals surface area contributed by atoms with Gasteiger partial charge in [-0.1, -0.05) is 26.0 Å². The lowest BCUT2D eigenvalue weighted by molar-refractivity contribution is -0.134. The van der Waals surface area contributed by atoms with Crippen molar-refractivity contribution in [3.63, 3.8) is 0 Å². The average molecular weight is 264 g/mol. The van der Waals surface area contributed by atoms with E-state index >= 15 is 0 Å². The molecule has 5 heteroatoms. The molecule has 1 aromatic rings. The van der Waals surface area contributed by atoms with E-state index in [1.165, 1.54) is 24.3 Å². The summed E-state index contributed by atoms with van der Waals surface area (Å²) in [5, 5.41) is 27.6. The summed E-state index contributed by atoms with van der Waals surface area (Å²) in [7, 11) is 0. The molecule has 1 aromatic carbocycles. The Hall–Kier alpha value is -2.30. The predicted octanol–water partition coefficient (Wildman–Crippen LogP) is 2.36. The maximum Gasteiger partial charge on any atom is 0.336 e. The summed E-state index contributed by atoms with van der Waals surface area (Å²) in [6.45, 7) is 3.64. The molecule has 0 atom stereocenters. The smallest absolute Gasteiger partial charge is 0.336 e. The Labute approximate surface area is 110 Å². The van der Waals surface area contributed by atoms with Crippen LogP contribution in [0.4, 0.5) is 0 Å². The molecular formula is C14H16O5. The topological polar surface area (TPSA) is 94.8 Å². The van der Waals surface area contributed by atoms with Crippen molar-refractivity contribution in [3.8, 4) is 5.75 Å². The van der Waals surface area contributed by atoms with E-state index in [2.05, 4.69) is 0 Å². The Morgan fingerprint density at radius 3 is 1.95 bits per heavy atom. The Morgan fingerprint density at radius 1 is 1.05 bits per heavy atom. The van der Waals surface area contributed by atoms with Crippen molar-refractivity contribution >= 4 is 17.5 Å². The fourth-order valence-electron chi connectivity index (χ4n) is 1.76. The van der Waals surface area contributed by atoms with E-state index in [0.717, 1.165) is 0 Å². The van der Waals surface area contributed by atoms with E-state index in [-0.39, 0.29) is 34.8 Å². The molecular weight excluding hydrogens is 248 g/mol. The van der Waals surface area contributed by atoms with Gasteiger partial charge in [0.05, 0.1) is 11.1 Å². The third kappa shape index (κ3) is 3.84. The molecule has 0 unspecified atom stereocenters. The van der Waals surface area contributed by atoms with Crippen LogP contribution in [0.25, 0.3) is 5.57 Å². The second kappa shape index (κ2) is 6.04. The van der Waals surface area contributed by atoms with Crippen molar-refractivity contribution in [2.75, 3.05) is 0 Å². The minimum atomic E-state index is -1.29. The summed E-state index contributed by atoms with van der Waals surface area (Å²) in [5.41, 5.74) is -0.0993. The lowest BCUT2D eigenvalue weighted by Crippen LogP contribution is -2.12. The molecule has 0 aromatic heterocycles. The van der Waals surface area contributed by atoms with Crippen LogP contribution in [-0.4, -0.2) is 27.3 Å². The third-order valence-electron chi connectivity index (χ3n) is 2.54. The maximum absolute atomic E-state index is 11.3. The van der Waals surface area contributed by atoms with E-state index in [1.807, 2.05) is 13.8 Å². The highest BCUT2D eigenvalue weighted by Gasteiger charge is 2.22. The minimum absolute atomic E-state index is 0.00535. The Kier molecular flexibility index (Phi) is 4.69. The number of phenolic OH excluding ortho intramolecular Hbond substituents is 1. The summed E-state index contributed by atoms with van der Waals surface area (Å²) in [4.78, 5) is 22.6. The monoisotopic (exact) mass is 264 g/mol. The fraction of sp³-hybridized carbons (Fsp3) is 0.286. The van der Waals surface area contributed by atoms with Gasteiger partial charge in [0.25, 0.3) is 0 Å². The zero-order valence-electron chi connectivity index (χ0n) is 10.8. The number of hydrogen-bond acceptors (Lipinski definition) is 3. The van der Waals surface area contributed by atoms with Crippen molar-refractivity contribution in [2.45, 2.75) is 20.3 Å². The third-order valence-corrected chi connectivity index (χ3v) is 2.54. The van der Waals surface area contributed by atoms with Crippen molar-refractivity contribution in [1.29, 1.82) is 0 Å². The van der Waals surface area contributed by atoms with Crippen LogP contribution in [0.3, 0.4) is 0 Å². The molecule has 0 aliphatic heterocycles. The molecule has 5 nitrogen and oxygen atoms in total. The quantitative estimate of drug-likeness (QED) is 0.709. The molecule has 3 N–H and O–H groups in total. The number of benzene rings is 1. The highest BCUT2D eigenvalue weighted by Crippen LogP contribution is 2.25. The summed E-state index contributed by atoms with van der Waals surface area (Å²) in [5.74, 6) is -2.50. The van der Waals surface area contributed by atoms with Gasteiger partial charge < -0.3 is 15.3 Å². The van der Waals surface area contributed by atoms with Crippen molar-refractivity contribution < 1.29 is 24.9 Å². The molecule has 0 aliphatic carbocycles. The van der Waals surface area contributed by atoms with Gasteiger partial charge in [0, 0.05) is 0 Å². The number of carboxylic acids is 2. The standard InChI is InChI=1S/C14H16O5/c1-8(2)7-11(13(16)17)12(14(18)19)9-3-5-10(15)6-4-9/h3-6,8,15H,7H2,1-2H3,(H,16,17)(H,18,19)/b12-11-. The van der Waals surface area contributed by atoms with Gasteiger partial charge in [-0.3, -0.25) is 0 Å². The van der Waals surface area contributed by atoms with Gasteiger partial charge in [-0.25, -0.2) is 9.59 Å². The average Bonchev–Trinajstić information content (AvgIpc) is 2.29. The van der Waals surface area contributed by atoms with Gasteiger partial charge in [-0.2, -0.15) is 0 Å². The van der Waals surface area contributed by atoms with E-state index in [1.54, 1.807) is 0 Å². The predicted molar refractivity (Wildman–Crippen MR) is 69.8 cm³/mol. The summed E-state index contributed by atoms with van der Waals surface area (Å²) < 4.78 is 0. The lowest BCUT2D eigenvalue weighted by atomic mass is 9.93. The van der Waals surface area contributed by atoms with E-state index in [9.17, 15) is 24.9 Å². The van der Waals surface area contributed by atoms with Crippen LogP contribution in [-0.2, 0) is 9.59 Å². The zero-order valence-corrected chi connectivity index (χ0v) is 10.8. The van der Waals surface area contributed by atoms with Gasteiger partial charge in [0.15, 0.2) is 0 Å². The van der Waals surface area contributed by atoms with Crippen LogP contribution in [0, 0.1) is 5.92 Å². The SMILES string of the molecule is CC(C)C/C(C(=O)O)=C(/C(=O)O)c1ccc(O)cc1. The zero-order chi connectivity index (χ0) is 14.6. The molecule has 0 saturated carbocycles. The van der Waals surface area contributed by atoms with E-state index in [0.29, 0.717) is 0 Å². The van der Waals surface area contributed by atoms with Crippen LogP contribution < -0.4 is 0 Å². The molecule has 0 bridgehead atoms. The number of carboxylic acid groups (broad SMARTS) is 2. The molecule has 0 fully saturated rings. The van der Waals surface area contributed by atoms with Gasteiger partial charge >= 0.3 is 11.9 Å². The first kappa shape index (κ1) is 14.8. The molecule has 0 aliphatic rings. The molecule has 102 valence electrons. The first-order chi connectivity index (χ1) is 8.82. The van der Waals surface area contributed by atoms with Gasteiger partial charge in [0.2, 0.25) is 0 Å². The largest absolute Gasteiger partial charge is 0.508 e. The Bertz CT molecular complexity index is 511. The number of hydrogen-bond donors (Lipinski definition) is 3. The molecule has 1 rings (SSSR count). The van der Waals surface area contributed by atoms with E-state index < -0.39 is 11.9 Å². The molecule has 0 amide bonds. The summed E-state index contributed by atoms with van der Waals surface area (Å²) >= 11 is 0. The Morgan fingerprint density at radius 2 is 1.58 bits per heavy atom. The van der Waals surface area contributed by atoms with Crippen LogP contribution in [0.5, 0.6) is 5.75 Å². The molecule has 0 radical (unpaired) electrons. The van der Waals surface area contributed by atoms with Gasteiger partial charge in [-0.05, 0) is 30.0 Å². The first-order valence-corrected chi connectivity index (χ1v) is 5.82. The van der Waals surface area contributed by atoms with E-state index in [4.69, 9.17) is 0 Å². The number of phenols is 1. The van der Waals surface area contributed by atoms with Crippen molar-refractivity contribution in [2.24, 2.45) is 5.92 Å². The number of carbonyl (C=O) groups is 2. The summed E-state index contributed by atoms with van der Waals surface area (Å²) in [6, 6.07) is 5.43. The number of aliphatic carboxylic acids is 2.